The molecule has 10 rings (SSSR count). The van der Waals surface area contributed by atoms with Crippen LogP contribution in [-0.4, -0.2) is 86.6 Å². The number of phenolic OH excluding ortho intramolecular Hbond substituents is 1. The predicted molar refractivity (Wildman–Crippen MR) is 200 cm³/mol. The van der Waals surface area contributed by atoms with E-state index in [2.05, 4.69) is 44.3 Å². The average Bonchev–Trinajstić information content (AvgIpc) is 3.77. The SMILES string of the molecule is O=C1NCc2c1ccc1c2OCC2CN(CC3COC4(CCN(c5ccc(C6c7ccc(O)cc7OCC6c6ccccc6)cc5F)CC4)C3)CCN12. The largest absolute Gasteiger partial charge is 0.508 e. The zero-order valence-corrected chi connectivity index (χ0v) is 29.8. The third kappa shape index (κ3) is 5.78. The molecule has 1 amide bonds. The molecule has 4 aromatic rings. The molecule has 9 nitrogen and oxygen atoms in total. The molecule has 4 atom stereocenters. The third-order valence-electron chi connectivity index (χ3n) is 12.7. The van der Waals surface area contributed by atoms with Crippen LogP contribution in [0.3, 0.4) is 0 Å². The van der Waals surface area contributed by atoms with Crippen LogP contribution in [0.15, 0.2) is 78.9 Å². The Morgan fingerprint density at radius 2 is 1.72 bits per heavy atom. The van der Waals surface area contributed by atoms with Gasteiger partial charge in [-0.2, -0.15) is 0 Å². The van der Waals surface area contributed by atoms with E-state index in [4.69, 9.17) is 14.2 Å². The molecule has 6 heterocycles. The number of rotatable bonds is 5. The number of piperidine rings is 1. The smallest absolute Gasteiger partial charge is 0.252 e. The Hall–Kier alpha value is -4.80. The van der Waals surface area contributed by atoms with Crippen LogP contribution in [0.4, 0.5) is 15.8 Å². The number of halogens is 1. The van der Waals surface area contributed by atoms with Crippen LogP contribution in [-0.2, 0) is 11.3 Å². The summed E-state index contributed by atoms with van der Waals surface area (Å²) in [7, 11) is 0. The minimum atomic E-state index is -0.203. The molecular formula is C43H45FN4O5. The molecule has 53 heavy (non-hydrogen) atoms. The number of phenols is 1. The number of hydrogen-bond donors (Lipinski definition) is 2. The quantitative estimate of drug-likeness (QED) is 0.259. The molecule has 10 heteroatoms. The van der Waals surface area contributed by atoms with Gasteiger partial charge in [0.1, 0.15) is 29.7 Å². The monoisotopic (exact) mass is 716 g/mol. The number of carbonyl (C=O) groups excluding carboxylic acids is 1. The maximum Gasteiger partial charge on any atom is 0.252 e. The number of aromatic hydroxyl groups is 1. The van der Waals surface area contributed by atoms with Gasteiger partial charge in [0.05, 0.1) is 36.2 Å². The maximum absolute atomic E-state index is 16.1. The van der Waals surface area contributed by atoms with Crippen molar-refractivity contribution in [1.29, 1.82) is 0 Å². The highest BCUT2D eigenvalue weighted by Crippen LogP contribution is 2.48. The summed E-state index contributed by atoms with van der Waals surface area (Å²) < 4.78 is 35.2. The van der Waals surface area contributed by atoms with Crippen molar-refractivity contribution < 1.29 is 28.5 Å². The van der Waals surface area contributed by atoms with Crippen LogP contribution in [0.2, 0.25) is 0 Å². The van der Waals surface area contributed by atoms with E-state index >= 15 is 4.39 Å². The average molecular weight is 717 g/mol. The lowest BCUT2D eigenvalue weighted by molar-refractivity contribution is -0.0156. The molecule has 6 aliphatic rings. The molecule has 0 radical (unpaired) electrons. The minimum absolute atomic E-state index is 0.0135. The van der Waals surface area contributed by atoms with E-state index in [9.17, 15) is 9.90 Å². The van der Waals surface area contributed by atoms with Crippen LogP contribution in [0, 0.1) is 11.7 Å². The van der Waals surface area contributed by atoms with Gasteiger partial charge in [-0.25, -0.2) is 4.39 Å². The summed E-state index contributed by atoms with van der Waals surface area (Å²) in [5.74, 6) is 1.86. The molecule has 0 aliphatic carbocycles. The second-order valence-corrected chi connectivity index (χ2v) is 15.8. The van der Waals surface area contributed by atoms with Crippen molar-refractivity contribution in [2.45, 2.75) is 49.3 Å². The van der Waals surface area contributed by atoms with Gasteiger partial charge < -0.3 is 34.4 Å². The van der Waals surface area contributed by atoms with Crippen molar-refractivity contribution in [3.8, 4) is 17.2 Å². The first-order chi connectivity index (χ1) is 25.9. The van der Waals surface area contributed by atoms with E-state index in [0.717, 1.165) is 104 Å². The van der Waals surface area contributed by atoms with Crippen molar-refractivity contribution in [2.75, 3.05) is 68.9 Å². The summed E-state index contributed by atoms with van der Waals surface area (Å²) in [6.07, 6.45) is 2.82. The zero-order chi connectivity index (χ0) is 35.7. The summed E-state index contributed by atoms with van der Waals surface area (Å²) in [4.78, 5) is 19.4. The van der Waals surface area contributed by atoms with Crippen molar-refractivity contribution >= 4 is 17.3 Å². The molecule has 274 valence electrons. The Bertz CT molecular complexity index is 2050. The number of ether oxygens (including phenoxy) is 3. The Kier molecular flexibility index (Phi) is 8.02. The lowest BCUT2D eigenvalue weighted by Crippen LogP contribution is -2.58. The van der Waals surface area contributed by atoms with Gasteiger partial charge in [-0.3, -0.25) is 9.69 Å². The summed E-state index contributed by atoms with van der Waals surface area (Å²) in [6, 6.07) is 25.6. The van der Waals surface area contributed by atoms with Crippen LogP contribution in [0.1, 0.15) is 63.7 Å². The van der Waals surface area contributed by atoms with Crippen molar-refractivity contribution in [3.05, 3.63) is 112 Å². The van der Waals surface area contributed by atoms with Crippen LogP contribution < -0.4 is 24.6 Å². The van der Waals surface area contributed by atoms with Gasteiger partial charge in [0.2, 0.25) is 0 Å². The molecule has 4 aromatic carbocycles. The van der Waals surface area contributed by atoms with Crippen LogP contribution in [0.5, 0.6) is 17.2 Å². The standard InChI is InChI=1S/C43H45FN4O5/c44-36-18-29(40-33-8-7-31(49)19-39(33)51-26-35(40)28-4-2-1-3-5-28)6-10-37(36)47-14-12-43(13-15-47)20-27(24-53-43)22-46-16-17-48-30(23-46)25-52-41-34-21-45-42(50)32(34)9-11-38(41)48/h1-11,18-19,27,30,35,40,49H,12-17,20-26H2,(H,45,50). The zero-order valence-electron chi connectivity index (χ0n) is 29.8. The second-order valence-electron chi connectivity index (χ2n) is 15.8. The molecule has 0 bridgehead atoms. The Morgan fingerprint density at radius 3 is 2.57 bits per heavy atom. The summed E-state index contributed by atoms with van der Waals surface area (Å²) in [6.45, 7) is 7.82. The minimum Gasteiger partial charge on any atom is -0.508 e. The number of carbonyl (C=O) groups is 1. The van der Waals surface area contributed by atoms with Gasteiger partial charge in [0.15, 0.2) is 0 Å². The van der Waals surface area contributed by atoms with Crippen LogP contribution >= 0.6 is 0 Å². The summed E-state index contributed by atoms with van der Waals surface area (Å²) in [5, 5.41) is 13.1. The fraction of sp³-hybridized carbons (Fsp3) is 0.419. The summed E-state index contributed by atoms with van der Waals surface area (Å²) in [5.41, 5.74) is 6.37. The number of fused-ring (bicyclic) bond motifs is 6. The van der Waals surface area contributed by atoms with E-state index in [1.54, 1.807) is 18.2 Å². The highest BCUT2D eigenvalue weighted by atomic mass is 19.1. The van der Waals surface area contributed by atoms with E-state index in [0.29, 0.717) is 43.2 Å². The van der Waals surface area contributed by atoms with Gasteiger partial charge in [0, 0.05) is 80.4 Å². The predicted octanol–water partition coefficient (Wildman–Crippen LogP) is 6.04. The normalized spacial score (nSPS) is 25.9. The van der Waals surface area contributed by atoms with Gasteiger partial charge in [0.25, 0.3) is 5.91 Å². The van der Waals surface area contributed by atoms with Gasteiger partial charge in [-0.1, -0.05) is 42.5 Å². The molecule has 3 fully saturated rings. The molecule has 0 aromatic heterocycles. The summed E-state index contributed by atoms with van der Waals surface area (Å²) >= 11 is 0. The highest BCUT2D eigenvalue weighted by Gasteiger charge is 2.45. The highest BCUT2D eigenvalue weighted by molar-refractivity contribution is 6.00. The first kappa shape index (κ1) is 32.8. The van der Waals surface area contributed by atoms with E-state index < -0.39 is 0 Å². The number of piperazine rings is 1. The Balaban J connectivity index is 0.779. The lowest BCUT2D eigenvalue weighted by atomic mass is 9.76. The number of nitrogens with one attached hydrogen (secondary N) is 1. The van der Waals surface area contributed by atoms with Crippen LogP contribution in [0.25, 0.3) is 0 Å². The molecule has 3 saturated heterocycles. The van der Waals surface area contributed by atoms with E-state index in [1.807, 2.05) is 36.4 Å². The lowest BCUT2D eigenvalue weighted by Gasteiger charge is -2.46. The molecule has 4 unspecified atom stereocenters. The van der Waals surface area contributed by atoms with E-state index in [1.165, 1.54) is 0 Å². The Labute approximate surface area is 309 Å². The molecule has 0 saturated carbocycles. The van der Waals surface area contributed by atoms with Gasteiger partial charge in [-0.15, -0.1) is 0 Å². The Morgan fingerprint density at radius 1 is 0.868 bits per heavy atom. The fourth-order valence-corrected chi connectivity index (χ4v) is 10.1. The number of benzene rings is 4. The molecular weight excluding hydrogens is 671 g/mol. The molecule has 2 N–H and O–H groups in total. The molecule has 1 spiro atoms. The van der Waals surface area contributed by atoms with Gasteiger partial charge in [-0.05, 0) is 66.6 Å². The number of nitrogens with zero attached hydrogens (tertiary/aromatic N) is 3. The molecule has 6 aliphatic heterocycles. The first-order valence-corrected chi connectivity index (χ1v) is 19.2. The second kappa shape index (κ2) is 13.0. The topological polar surface area (TPSA) is 86.7 Å². The van der Waals surface area contributed by atoms with Gasteiger partial charge >= 0.3 is 0 Å². The first-order valence-electron chi connectivity index (χ1n) is 19.2. The number of hydrogen-bond acceptors (Lipinski definition) is 8. The maximum atomic E-state index is 16.1. The van der Waals surface area contributed by atoms with E-state index in [-0.39, 0.29) is 34.9 Å². The van der Waals surface area contributed by atoms with Crippen molar-refractivity contribution in [3.63, 3.8) is 0 Å². The van der Waals surface area contributed by atoms with Crippen molar-refractivity contribution in [2.24, 2.45) is 5.92 Å². The number of amides is 1. The van der Waals surface area contributed by atoms with Crippen molar-refractivity contribution in [1.82, 2.24) is 10.2 Å². The third-order valence-corrected chi connectivity index (χ3v) is 12.7. The number of anilines is 2. The fourth-order valence-electron chi connectivity index (χ4n) is 10.1.